The third-order valence-electron chi connectivity index (χ3n) is 7.70. The first-order valence-electron chi connectivity index (χ1n) is 13.8. The highest BCUT2D eigenvalue weighted by Gasteiger charge is 2.36. The maximum atomic E-state index is 14.4. The number of fused-ring (bicyclic) bond motifs is 2. The summed E-state index contributed by atoms with van der Waals surface area (Å²) in [5.74, 6) is -0.639. The molecule has 2 N–H and O–H groups in total. The molecule has 2 heterocycles. The van der Waals surface area contributed by atoms with Crippen molar-refractivity contribution < 1.29 is 32.5 Å². The number of anilines is 1. The molecule has 0 atom stereocenters. The third-order valence-corrected chi connectivity index (χ3v) is 7.70. The van der Waals surface area contributed by atoms with Gasteiger partial charge in [-0.1, -0.05) is 60.7 Å². The van der Waals surface area contributed by atoms with Gasteiger partial charge in [-0.15, -0.1) is 0 Å². The summed E-state index contributed by atoms with van der Waals surface area (Å²) in [5.41, 5.74) is 1.28. The van der Waals surface area contributed by atoms with E-state index in [2.05, 4.69) is 9.88 Å². The summed E-state index contributed by atoms with van der Waals surface area (Å²) in [7, 11) is 0. The second-order valence-electron chi connectivity index (χ2n) is 10.2. The number of para-hydroxylation sites is 1. The van der Waals surface area contributed by atoms with Crippen LogP contribution >= 0.6 is 0 Å². The maximum absolute atomic E-state index is 14.4. The highest BCUT2D eigenvalue weighted by Crippen LogP contribution is 2.43. The molecule has 1 aromatic heterocycles. The lowest BCUT2D eigenvalue weighted by Crippen LogP contribution is -2.36. The number of halogens is 3. The molecule has 4 aromatic carbocycles. The Bertz CT molecular complexity index is 1750. The molecule has 9 heteroatoms. The van der Waals surface area contributed by atoms with Gasteiger partial charge in [-0.2, -0.15) is 13.2 Å². The number of ether oxygens (including phenoxy) is 2. The van der Waals surface area contributed by atoms with E-state index in [0.29, 0.717) is 44.0 Å². The number of benzene rings is 4. The number of morpholine rings is 1. The maximum Gasteiger partial charge on any atom is 0.417 e. The van der Waals surface area contributed by atoms with Crippen LogP contribution in [0.2, 0.25) is 0 Å². The lowest BCUT2D eigenvalue weighted by molar-refractivity contribution is -0.136. The highest BCUT2D eigenvalue weighted by molar-refractivity contribution is 6.06. The van der Waals surface area contributed by atoms with Crippen molar-refractivity contribution in [3.63, 3.8) is 0 Å². The van der Waals surface area contributed by atoms with Gasteiger partial charge in [-0.05, 0) is 42.0 Å². The Kier molecular flexibility index (Phi) is 7.51. The minimum atomic E-state index is -4.67. The molecule has 6 rings (SSSR count). The molecule has 5 aromatic rings. The Morgan fingerprint density at radius 1 is 0.929 bits per heavy atom. The van der Waals surface area contributed by atoms with E-state index in [1.807, 2.05) is 66.7 Å². The molecule has 216 valence electrons. The summed E-state index contributed by atoms with van der Waals surface area (Å²) in [4.78, 5) is 17.4. The third kappa shape index (κ3) is 5.27. The highest BCUT2D eigenvalue weighted by atomic mass is 19.4. The Morgan fingerprint density at radius 3 is 2.45 bits per heavy atom. The Hall–Kier alpha value is -4.50. The van der Waals surface area contributed by atoms with Crippen molar-refractivity contribution in [2.24, 2.45) is 0 Å². The lowest BCUT2D eigenvalue weighted by Gasteiger charge is -2.30. The van der Waals surface area contributed by atoms with Crippen molar-refractivity contribution in [2.75, 3.05) is 37.8 Å². The number of nitrogens with zero attached hydrogens (tertiary/aromatic N) is 1. The smallest absolute Gasteiger partial charge is 0.417 e. The van der Waals surface area contributed by atoms with E-state index < -0.39 is 17.7 Å². The van der Waals surface area contributed by atoms with Crippen molar-refractivity contribution in [1.29, 1.82) is 0 Å². The number of rotatable bonds is 8. The molecule has 0 bridgehead atoms. The van der Waals surface area contributed by atoms with E-state index in [0.717, 1.165) is 28.1 Å². The first-order valence-corrected chi connectivity index (χ1v) is 13.8. The van der Waals surface area contributed by atoms with Gasteiger partial charge in [0, 0.05) is 40.7 Å². The van der Waals surface area contributed by atoms with Gasteiger partial charge in [0.1, 0.15) is 11.4 Å². The molecule has 0 amide bonds. The van der Waals surface area contributed by atoms with Crippen LogP contribution in [0.25, 0.3) is 32.8 Å². The van der Waals surface area contributed by atoms with Crippen LogP contribution in [0, 0.1) is 0 Å². The van der Waals surface area contributed by atoms with Gasteiger partial charge < -0.3 is 24.5 Å². The predicted octanol–water partition coefficient (Wildman–Crippen LogP) is 7.55. The van der Waals surface area contributed by atoms with Crippen LogP contribution < -0.4 is 9.64 Å². The number of H-pyrrole nitrogens is 1. The largest absolute Gasteiger partial charge is 0.493 e. The van der Waals surface area contributed by atoms with Crippen LogP contribution in [0.4, 0.5) is 18.9 Å². The Morgan fingerprint density at radius 2 is 1.67 bits per heavy atom. The van der Waals surface area contributed by atoms with E-state index in [4.69, 9.17) is 9.47 Å². The van der Waals surface area contributed by atoms with Crippen LogP contribution in [0.15, 0.2) is 78.9 Å². The summed E-state index contributed by atoms with van der Waals surface area (Å²) in [5, 5.41) is 11.9. The van der Waals surface area contributed by atoms with Crippen LogP contribution in [-0.2, 0) is 17.3 Å². The molecule has 1 aliphatic rings. The zero-order chi connectivity index (χ0) is 29.3. The molecule has 6 nitrogen and oxygen atoms in total. The molecule has 0 aliphatic carbocycles. The number of hydrogen-bond donors (Lipinski definition) is 2. The van der Waals surface area contributed by atoms with E-state index in [1.54, 1.807) is 0 Å². The molecule has 0 spiro atoms. The van der Waals surface area contributed by atoms with E-state index >= 15 is 0 Å². The standard InChI is InChI=1S/C33H29F3N2O4/c34-33(35,36)26-15-14-24(23-10-3-4-12-27(23)38-16-19-41-20-17-38)30-29(26)25(31(37-30)32(39)40)11-6-18-42-28-13-5-8-21-7-1-2-9-22(21)28/h1-5,7-10,12-15,37H,6,11,16-20H2,(H,39,40). The Labute approximate surface area is 240 Å². The normalized spacial score (nSPS) is 14.0. The zero-order valence-electron chi connectivity index (χ0n) is 22.7. The van der Waals surface area contributed by atoms with Gasteiger partial charge >= 0.3 is 12.1 Å². The van der Waals surface area contributed by atoms with Gasteiger partial charge in [0.15, 0.2) is 0 Å². The summed E-state index contributed by atoms with van der Waals surface area (Å²) >= 11 is 0. The second kappa shape index (κ2) is 11.4. The van der Waals surface area contributed by atoms with Crippen molar-refractivity contribution in [3.8, 4) is 16.9 Å². The zero-order valence-corrected chi connectivity index (χ0v) is 22.7. The Balaban J connectivity index is 1.39. The molecule has 0 unspecified atom stereocenters. The van der Waals surface area contributed by atoms with Gasteiger partial charge in [0.05, 0.1) is 30.9 Å². The van der Waals surface area contributed by atoms with Crippen molar-refractivity contribution >= 4 is 33.3 Å². The molecular weight excluding hydrogens is 545 g/mol. The molecule has 0 radical (unpaired) electrons. The number of alkyl halides is 3. The van der Waals surface area contributed by atoms with Crippen molar-refractivity contribution in [2.45, 2.75) is 19.0 Å². The summed E-state index contributed by atoms with van der Waals surface area (Å²) < 4.78 is 54.6. The topological polar surface area (TPSA) is 74.8 Å². The quantitative estimate of drug-likeness (QED) is 0.187. The number of aromatic nitrogens is 1. The molecular formula is C33H29F3N2O4. The van der Waals surface area contributed by atoms with E-state index in [-0.39, 0.29) is 35.2 Å². The predicted molar refractivity (Wildman–Crippen MR) is 156 cm³/mol. The molecule has 1 fully saturated rings. The number of carbonyl (C=O) groups is 1. The number of aromatic carboxylic acids is 1. The van der Waals surface area contributed by atoms with Crippen molar-refractivity contribution in [1.82, 2.24) is 4.98 Å². The van der Waals surface area contributed by atoms with Crippen LogP contribution in [0.3, 0.4) is 0 Å². The fraction of sp³-hybridized carbons (Fsp3) is 0.242. The fourth-order valence-corrected chi connectivity index (χ4v) is 5.80. The number of aromatic amines is 1. The first kappa shape index (κ1) is 27.7. The number of carboxylic acid groups (broad SMARTS) is 1. The summed E-state index contributed by atoms with van der Waals surface area (Å²) in [6.07, 6.45) is -4.26. The lowest BCUT2D eigenvalue weighted by atomic mass is 9.94. The van der Waals surface area contributed by atoms with E-state index in [1.165, 1.54) is 6.07 Å². The van der Waals surface area contributed by atoms with Gasteiger partial charge in [0.2, 0.25) is 0 Å². The van der Waals surface area contributed by atoms with Crippen LogP contribution in [0.5, 0.6) is 5.75 Å². The fourth-order valence-electron chi connectivity index (χ4n) is 5.80. The van der Waals surface area contributed by atoms with Crippen molar-refractivity contribution in [3.05, 3.63) is 95.7 Å². The minimum absolute atomic E-state index is 0.0873. The van der Waals surface area contributed by atoms with Crippen LogP contribution in [0.1, 0.15) is 28.0 Å². The van der Waals surface area contributed by atoms with Crippen LogP contribution in [-0.4, -0.2) is 49.0 Å². The average molecular weight is 575 g/mol. The summed E-state index contributed by atoms with van der Waals surface area (Å²) in [6.45, 7) is 2.60. The SMILES string of the molecule is O=C(O)c1[nH]c2c(-c3ccccc3N3CCOCC3)ccc(C(F)(F)F)c2c1CCCOc1cccc2ccccc12. The van der Waals surface area contributed by atoms with Gasteiger partial charge in [-0.25, -0.2) is 4.79 Å². The molecule has 1 saturated heterocycles. The summed E-state index contributed by atoms with van der Waals surface area (Å²) in [6, 6.07) is 23.4. The number of nitrogens with one attached hydrogen (secondary N) is 1. The van der Waals surface area contributed by atoms with Gasteiger partial charge in [0.25, 0.3) is 0 Å². The van der Waals surface area contributed by atoms with Gasteiger partial charge in [-0.3, -0.25) is 0 Å². The monoisotopic (exact) mass is 574 g/mol. The first-order chi connectivity index (χ1) is 20.3. The second-order valence-corrected chi connectivity index (χ2v) is 10.2. The molecule has 42 heavy (non-hydrogen) atoms. The minimum Gasteiger partial charge on any atom is -0.493 e. The molecule has 0 saturated carbocycles. The number of aryl methyl sites for hydroxylation is 1. The van der Waals surface area contributed by atoms with E-state index in [9.17, 15) is 23.1 Å². The number of carboxylic acids is 1. The number of hydrogen-bond acceptors (Lipinski definition) is 4. The molecule has 1 aliphatic heterocycles. The average Bonchev–Trinajstić information content (AvgIpc) is 3.38.